The molecule has 0 spiro atoms. The fourth-order valence-electron chi connectivity index (χ4n) is 8.95. The van der Waals surface area contributed by atoms with E-state index in [1.54, 1.807) is 0 Å². The second-order valence-corrected chi connectivity index (χ2v) is 16.2. The van der Waals surface area contributed by atoms with Crippen molar-refractivity contribution in [3.63, 3.8) is 0 Å². The highest BCUT2D eigenvalue weighted by Gasteiger charge is 2.39. The average molecular weight is 725 g/mol. The molecule has 4 heteroatoms. The van der Waals surface area contributed by atoms with Crippen LogP contribution in [-0.2, 0) is 5.41 Å². The van der Waals surface area contributed by atoms with Crippen LogP contribution < -0.4 is 0 Å². The van der Waals surface area contributed by atoms with E-state index in [2.05, 4.69) is 159 Å². The van der Waals surface area contributed by atoms with Crippen LogP contribution in [-0.4, -0.2) is 10.7 Å². The summed E-state index contributed by atoms with van der Waals surface area (Å²) in [7, 11) is 0. The Morgan fingerprint density at radius 3 is 2.22 bits per heavy atom. The molecule has 0 amide bonds. The minimum atomic E-state index is -0.397. The standard InChI is InChI=1S/C51H36N2OS/c1-31-29-51(2,35-11-4-3-5-12-35)30-43(53-49(31)42-28-47-48(38-24-23-36(38)42)40-14-7-9-17-46(40)55-47)39-15-10-26-52-50(39)33-20-18-32(19-21-33)34-22-25-45-41(27-34)37-13-6-8-16-44(37)54-45/h3-30,36,38H,1-2H3/t36-,38?,51?/m1/s1. The van der Waals surface area contributed by atoms with Crippen molar-refractivity contribution in [2.45, 2.75) is 25.2 Å². The van der Waals surface area contributed by atoms with Crippen LogP contribution in [0.4, 0.5) is 0 Å². The van der Waals surface area contributed by atoms with Gasteiger partial charge in [-0.15, -0.1) is 11.3 Å². The number of nitrogens with zero attached hydrogens (tertiary/aromatic N) is 2. The number of furan rings is 1. The zero-order valence-electron chi connectivity index (χ0n) is 30.5. The van der Waals surface area contributed by atoms with Gasteiger partial charge in [-0.2, -0.15) is 0 Å². The van der Waals surface area contributed by atoms with Crippen LogP contribution in [0.5, 0.6) is 0 Å². The summed E-state index contributed by atoms with van der Waals surface area (Å²) in [5.41, 5.74) is 13.9. The van der Waals surface area contributed by atoms with Gasteiger partial charge >= 0.3 is 0 Å². The summed E-state index contributed by atoms with van der Waals surface area (Å²) in [6.07, 6.45) is 13.8. The quantitative estimate of drug-likeness (QED) is 0.166. The molecular formula is C51H36N2OS. The molecule has 0 saturated heterocycles. The lowest BCUT2D eigenvalue weighted by atomic mass is 9.67. The van der Waals surface area contributed by atoms with Crippen molar-refractivity contribution in [2.75, 3.05) is 0 Å². The third kappa shape index (κ3) is 5.16. The molecule has 5 aromatic carbocycles. The molecule has 8 aromatic rings. The van der Waals surface area contributed by atoms with E-state index in [1.807, 2.05) is 35.7 Å². The monoisotopic (exact) mass is 724 g/mol. The first-order chi connectivity index (χ1) is 27.0. The summed E-state index contributed by atoms with van der Waals surface area (Å²) >= 11 is 1.89. The van der Waals surface area contributed by atoms with Gasteiger partial charge in [0.15, 0.2) is 0 Å². The lowest BCUT2D eigenvalue weighted by Crippen LogP contribution is -2.27. The number of allylic oxidation sites excluding steroid dienone is 6. The molecule has 11 rings (SSSR count). The maximum atomic E-state index is 6.10. The van der Waals surface area contributed by atoms with Crippen molar-refractivity contribution in [1.82, 2.24) is 4.98 Å². The van der Waals surface area contributed by atoms with Crippen LogP contribution in [0.15, 0.2) is 185 Å². The minimum Gasteiger partial charge on any atom is -0.456 e. The third-order valence-electron chi connectivity index (χ3n) is 11.7. The minimum absolute atomic E-state index is 0.287. The van der Waals surface area contributed by atoms with Gasteiger partial charge in [-0.25, -0.2) is 4.99 Å². The Morgan fingerprint density at radius 1 is 0.655 bits per heavy atom. The first-order valence-corrected chi connectivity index (χ1v) is 19.8. The van der Waals surface area contributed by atoms with Gasteiger partial charge in [-0.1, -0.05) is 115 Å². The molecule has 0 radical (unpaired) electrons. The topological polar surface area (TPSA) is 38.4 Å². The second kappa shape index (κ2) is 12.3. The number of benzene rings is 5. The number of thiophene rings is 1. The first kappa shape index (κ1) is 32.1. The summed E-state index contributed by atoms with van der Waals surface area (Å²) < 4.78 is 7.45. The molecule has 0 fully saturated rings. The Bertz CT molecular complexity index is 3010. The molecule has 2 unspecified atom stereocenters. The number of hydrogen-bond acceptors (Lipinski definition) is 4. The maximum Gasteiger partial charge on any atom is 0.135 e. The van der Waals surface area contributed by atoms with E-state index in [-0.39, 0.29) is 5.92 Å². The Labute approximate surface area is 324 Å². The third-order valence-corrected chi connectivity index (χ3v) is 12.9. The average Bonchev–Trinajstić information content (AvgIpc) is 3.72. The maximum absolute atomic E-state index is 6.10. The summed E-state index contributed by atoms with van der Waals surface area (Å²) in [4.78, 5) is 12.1. The Hall–Kier alpha value is -6.36. The number of fused-ring (bicyclic) bond motifs is 8. The fourth-order valence-corrected chi connectivity index (χ4v) is 10.2. The number of hydrogen-bond donors (Lipinski definition) is 0. The molecule has 0 saturated carbocycles. The van der Waals surface area contributed by atoms with Crippen molar-refractivity contribution < 1.29 is 4.42 Å². The van der Waals surface area contributed by atoms with Crippen LogP contribution in [0.2, 0.25) is 0 Å². The van der Waals surface area contributed by atoms with Crippen molar-refractivity contribution in [2.24, 2.45) is 10.9 Å². The number of para-hydroxylation sites is 1. The molecule has 3 aromatic heterocycles. The molecule has 0 bridgehead atoms. The van der Waals surface area contributed by atoms with E-state index in [0.717, 1.165) is 61.3 Å². The molecule has 262 valence electrons. The van der Waals surface area contributed by atoms with E-state index in [9.17, 15) is 0 Å². The Morgan fingerprint density at radius 2 is 1.38 bits per heavy atom. The van der Waals surface area contributed by atoms with Crippen LogP contribution in [0.3, 0.4) is 0 Å². The van der Waals surface area contributed by atoms with Crippen molar-refractivity contribution in [3.05, 3.63) is 197 Å². The van der Waals surface area contributed by atoms with Crippen LogP contribution >= 0.6 is 11.3 Å². The fraction of sp³-hybridized carbons (Fsp3) is 0.0980. The summed E-state index contributed by atoms with van der Waals surface area (Å²) in [6.45, 7) is 4.54. The molecule has 2 aliphatic carbocycles. The highest BCUT2D eigenvalue weighted by molar-refractivity contribution is 7.20. The summed E-state index contributed by atoms with van der Waals surface area (Å²) in [5.74, 6) is 0.647. The molecule has 55 heavy (non-hydrogen) atoms. The lowest BCUT2D eigenvalue weighted by Gasteiger charge is -2.36. The van der Waals surface area contributed by atoms with Gasteiger partial charge in [-0.05, 0) is 101 Å². The normalized spacial score (nSPS) is 20.3. The highest BCUT2D eigenvalue weighted by atomic mass is 32.1. The van der Waals surface area contributed by atoms with Gasteiger partial charge in [0.25, 0.3) is 0 Å². The van der Waals surface area contributed by atoms with Gasteiger partial charge in [0, 0.05) is 54.9 Å². The zero-order valence-corrected chi connectivity index (χ0v) is 31.3. The van der Waals surface area contributed by atoms with Crippen LogP contribution in [0, 0.1) is 5.92 Å². The van der Waals surface area contributed by atoms with E-state index in [0.29, 0.717) is 5.92 Å². The SMILES string of the molecule is CC1=CC(C)(c2ccccc2)C=C(c2cccnc2-c2ccc(-c3ccc4oc5ccccc5c4c3)cc2)N=C1C1=Cc2sc3ccccc3c2C2C=C[C@@H]12. The molecule has 1 aliphatic heterocycles. The molecule has 3 aliphatic rings. The van der Waals surface area contributed by atoms with Crippen LogP contribution in [0.1, 0.15) is 41.3 Å². The number of aromatic nitrogens is 1. The predicted octanol–water partition coefficient (Wildman–Crippen LogP) is 13.6. The van der Waals surface area contributed by atoms with Crippen LogP contribution in [0.25, 0.3) is 66.2 Å². The predicted molar refractivity (Wildman–Crippen MR) is 231 cm³/mol. The van der Waals surface area contributed by atoms with Gasteiger partial charge in [0.05, 0.1) is 17.1 Å². The largest absolute Gasteiger partial charge is 0.456 e. The first-order valence-electron chi connectivity index (χ1n) is 19.0. The van der Waals surface area contributed by atoms with Crippen molar-refractivity contribution in [3.8, 4) is 22.4 Å². The van der Waals surface area contributed by atoms with E-state index in [4.69, 9.17) is 14.4 Å². The Balaban J connectivity index is 1.04. The smallest absolute Gasteiger partial charge is 0.135 e. The van der Waals surface area contributed by atoms with E-state index < -0.39 is 5.41 Å². The summed E-state index contributed by atoms with van der Waals surface area (Å²) in [5, 5.41) is 3.64. The number of aliphatic imine (C=N–C) groups is 1. The second-order valence-electron chi connectivity index (χ2n) is 15.2. The lowest BCUT2D eigenvalue weighted by molar-refractivity contribution is 0.627. The van der Waals surface area contributed by atoms with E-state index >= 15 is 0 Å². The van der Waals surface area contributed by atoms with Gasteiger partial charge in [0.1, 0.15) is 11.2 Å². The molecule has 0 N–H and O–H groups in total. The molecule has 3 atom stereocenters. The van der Waals surface area contributed by atoms with E-state index in [1.165, 1.54) is 37.2 Å². The summed E-state index contributed by atoms with van der Waals surface area (Å²) in [6, 6.07) is 47.3. The molecule has 3 nitrogen and oxygen atoms in total. The van der Waals surface area contributed by atoms with Gasteiger partial charge in [-0.3, -0.25) is 4.98 Å². The van der Waals surface area contributed by atoms with Crippen molar-refractivity contribution >= 4 is 60.8 Å². The number of rotatable bonds is 5. The Kier molecular flexibility index (Phi) is 7.20. The van der Waals surface area contributed by atoms with Gasteiger partial charge < -0.3 is 4.42 Å². The molecule has 4 heterocycles. The number of pyridine rings is 1. The molecular weight excluding hydrogens is 689 g/mol. The van der Waals surface area contributed by atoms with Gasteiger partial charge in [0.2, 0.25) is 0 Å². The van der Waals surface area contributed by atoms with Crippen molar-refractivity contribution in [1.29, 1.82) is 0 Å². The highest BCUT2D eigenvalue weighted by Crippen LogP contribution is 2.53. The zero-order chi connectivity index (χ0) is 36.7.